The van der Waals surface area contributed by atoms with Gasteiger partial charge in [0, 0.05) is 15.5 Å². The number of hydrogen-bond acceptors (Lipinski definition) is 2. The fraction of sp³-hybridized carbons (Fsp3) is 0.200. The summed E-state index contributed by atoms with van der Waals surface area (Å²) in [4.78, 5) is 0. The predicted octanol–water partition coefficient (Wildman–Crippen LogP) is 4.68. The quantitative estimate of drug-likeness (QED) is 0.602. The first-order valence-corrected chi connectivity index (χ1v) is 6.49. The van der Waals surface area contributed by atoms with Gasteiger partial charge in [0.15, 0.2) is 0 Å². The van der Waals surface area contributed by atoms with Gasteiger partial charge in [0.1, 0.15) is 5.75 Å². The maximum atomic E-state index is 5.53. The van der Waals surface area contributed by atoms with Gasteiger partial charge in [0.25, 0.3) is 0 Å². The summed E-state index contributed by atoms with van der Waals surface area (Å²) in [6.45, 7) is 4.22. The van der Waals surface area contributed by atoms with E-state index in [9.17, 15) is 0 Å². The molecular weight excluding hydrogens is 228 g/mol. The summed E-state index contributed by atoms with van der Waals surface area (Å²) >= 11 is 1.82. The van der Waals surface area contributed by atoms with Gasteiger partial charge in [-0.1, -0.05) is 24.3 Å². The van der Waals surface area contributed by atoms with E-state index in [2.05, 4.69) is 44.2 Å². The first-order valence-electron chi connectivity index (χ1n) is 5.67. The second-order valence-corrected chi connectivity index (χ2v) is 5.45. The minimum Gasteiger partial charge on any atom is -0.495 e. The van der Waals surface area contributed by atoms with E-state index >= 15 is 0 Å². The topological polar surface area (TPSA) is 9.23 Å². The van der Waals surface area contributed by atoms with Crippen LogP contribution in [0.15, 0.2) is 30.3 Å². The summed E-state index contributed by atoms with van der Waals surface area (Å²) in [7, 11) is 1.75. The van der Waals surface area contributed by atoms with Crippen LogP contribution in [0.3, 0.4) is 0 Å². The van der Waals surface area contributed by atoms with Gasteiger partial charge in [-0.3, -0.25) is 0 Å². The van der Waals surface area contributed by atoms with Gasteiger partial charge in [-0.25, -0.2) is 0 Å². The summed E-state index contributed by atoms with van der Waals surface area (Å²) < 4.78 is 8.12. The molecule has 17 heavy (non-hydrogen) atoms. The summed E-state index contributed by atoms with van der Waals surface area (Å²) in [6, 6.07) is 10.9. The molecule has 3 aromatic rings. The molecule has 1 heterocycles. The third-order valence-corrected chi connectivity index (χ3v) is 4.32. The number of rotatable bonds is 1. The molecule has 0 saturated carbocycles. The molecule has 0 aliphatic rings. The van der Waals surface area contributed by atoms with Crippen molar-refractivity contribution in [3.05, 3.63) is 41.5 Å². The van der Waals surface area contributed by atoms with Crippen LogP contribution in [0.2, 0.25) is 0 Å². The van der Waals surface area contributed by atoms with E-state index in [0.717, 1.165) is 5.75 Å². The highest BCUT2D eigenvalue weighted by Crippen LogP contribution is 2.40. The Morgan fingerprint density at radius 1 is 1.00 bits per heavy atom. The Balaban J connectivity index is 2.50. The van der Waals surface area contributed by atoms with Crippen LogP contribution in [-0.4, -0.2) is 7.11 Å². The summed E-state index contributed by atoms with van der Waals surface area (Å²) in [6.07, 6.45) is 0. The zero-order chi connectivity index (χ0) is 12.0. The molecule has 3 rings (SSSR count). The Labute approximate surface area is 105 Å². The van der Waals surface area contributed by atoms with Crippen LogP contribution < -0.4 is 4.74 Å². The van der Waals surface area contributed by atoms with E-state index in [1.807, 2.05) is 11.3 Å². The molecule has 0 N–H and O–H groups in total. The Morgan fingerprint density at radius 2 is 1.76 bits per heavy atom. The molecule has 86 valence electrons. The lowest BCUT2D eigenvalue weighted by atomic mass is 10.1. The van der Waals surface area contributed by atoms with Crippen LogP contribution in [0.5, 0.6) is 5.75 Å². The summed E-state index contributed by atoms with van der Waals surface area (Å²) in [5, 5.41) is 2.63. The van der Waals surface area contributed by atoms with Gasteiger partial charge in [-0.05, 0) is 31.0 Å². The average Bonchev–Trinajstić information content (AvgIpc) is 2.66. The highest BCUT2D eigenvalue weighted by Gasteiger charge is 2.11. The van der Waals surface area contributed by atoms with E-state index in [0.29, 0.717) is 0 Å². The van der Waals surface area contributed by atoms with Crippen LogP contribution in [0.25, 0.3) is 20.2 Å². The predicted molar refractivity (Wildman–Crippen MR) is 75.4 cm³/mol. The van der Waals surface area contributed by atoms with E-state index in [1.54, 1.807) is 7.11 Å². The van der Waals surface area contributed by atoms with Gasteiger partial charge in [0.2, 0.25) is 0 Å². The standard InChI is InChI=1S/C15H14OS/c1-9-4-6-11-12-7-5-10(2)14(16-3)15(12)17-13(11)8-9/h4-8H,1-3H3. The SMILES string of the molecule is COc1c(C)ccc2c1sc1cc(C)ccc12. The number of hydrogen-bond donors (Lipinski definition) is 0. The Bertz CT molecular complexity index is 710. The minimum atomic E-state index is 1.02. The number of methoxy groups -OCH3 is 1. The highest BCUT2D eigenvalue weighted by molar-refractivity contribution is 7.26. The molecule has 0 fully saturated rings. The fourth-order valence-electron chi connectivity index (χ4n) is 2.27. The van der Waals surface area contributed by atoms with Crippen molar-refractivity contribution in [3.8, 4) is 5.75 Å². The Hall–Kier alpha value is -1.54. The van der Waals surface area contributed by atoms with Crippen LogP contribution in [0.4, 0.5) is 0 Å². The van der Waals surface area contributed by atoms with Gasteiger partial charge < -0.3 is 4.74 Å². The van der Waals surface area contributed by atoms with Crippen molar-refractivity contribution in [2.75, 3.05) is 7.11 Å². The molecule has 0 saturated heterocycles. The number of aryl methyl sites for hydroxylation is 2. The van der Waals surface area contributed by atoms with E-state index in [-0.39, 0.29) is 0 Å². The van der Waals surface area contributed by atoms with Crippen molar-refractivity contribution in [2.45, 2.75) is 13.8 Å². The zero-order valence-electron chi connectivity index (χ0n) is 10.2. The summed E-state index contributed by atoms with van der Waals surface area (Å²) in [5.74, 6) is 1.02. The van der Waals surface area contributed by atoms with Gasteiger partial charge >= 0.3 is 0 Å². The minimum absolute atomic E-state index is 1.02. The normalized spacial score (nSPS) is 11.2. The monoisotopic (exact) mass is 242 g/mol. The van der Waals surface area contributed by atoms with Crippen molar-refractivity contribution in [1.29, 1.82) is 0 Å². The fourth-order valence-corrected chi connectivity index (χ4v) is 3.65. The lowest BCUT2D eigenvalue weighted by molar-refractivity contribution is 0.417. The van der Waals surface area contributed by atoms with Gasteiger partial charge in [0.05, 0.1) is 11.8 Å². The number of ether oxygens (including phenoxy) is 1. The number of fused-ring (bicyclic) bond motifs is 3. The first-order chi connectivity index (χ1) is 8.20. The van der Waals surface area contributed by atoms with E-state index in [4.69, 9.17) is 4.74 Å². The van der Waals surface area contributed by atoms with Crippen LogP contribution in [0.1, 0.15) is 11.1 Å². The second-order valence-electron chi connectivity index (χ2n) is 4.39. The van der Waals surface area contributed by atoms with Crippen molar-refractivity contribution >= 4 is 31.5 Å². The third-order valence-electron chi connectivity index (χ3n) is 3.15. The molecule has 1 nitrogen and oxygen atoms in total. The van der Waals surface area contributed by atoms with Gasteiger partial charge in [-0.2, -0.15) is 0 Å². The molecule has 0 atom stereocenters. The van der Waals surface area contributed by atoms with Crippen LogP contribution in [0, 0.1) is 13.8 Å². The molecule has 0 spiro atoms. The molecule has 0 aliphatic heterocycles. The molecule has 0 radical (unpaired) electrons. The number of thiophene rings is 1. The molecule has 0 unspecified atom stereocenters. The molecule has 0 amide bonds. The first kappa shape index (κ1) is 10.6. The third kappa shape index (κ3) is 1.52. The van der Waals surface area contributed by atoms with Crippen LogP contribution >= 0.6 is 11.3 Å². The molecule has 0 bridgehead atoms. The van der Waals surface area contributed by atoms with Crippen molar-refractivity contribution < 1.29 is 4.74 Å². The molecule has 0 aliphatic carbocycles. The van der Waals surface area contributed by atoms with Gasteiger partial charge in [-0.15, -0.1) is 11.3 Å². The molecular formula is C15H14OS. The maximum absolute atomic E-state index is 5.53. The van der Waals surface area contributed by atoms with E-state index in [1.165, 1.54) is 31.3 Å². The maximum Gasteiger partial charge on any atom is 0.139 e. The highest BCUT2D eigenvalue weighted by atomic mass is 32.1. The Morgan fingerprint density at radius 3 is 2.53 bits per heavy atom. The second kappa shape index (κ2) is 3.74. The molecule has 2 aromatic carbocycles. The van der Waals surface area contributed by atoms with Crippen molar-refractivity contribution in [1.82, 2.24) is 0 Å². The van der Waals surface area contributed by atoms with Crippen LogP contribution in [-0.2, 0) is 0 Å². The smallest absolute Gasteiger partial charge is 0.139 e. The molecule has 2 heteroatoms. The summed E-state index contributed by atoms with van der Waals surface area (Å²) in [5.41, 5.74) is 2.50. The number of benzene rings is 2. The van der Waals surface area contributed by atoms with Crippen molar-refractivity contribution in [2.24, 2.45) is 0 Å². The zero-order valence-corrected chi connectivity index (χ0v) is 11.0. The lowest BCUT2D eigenvalue weighted by Crippen LogP contribution is -1.86. The average molecular weight is 242 g/mol. The van der Waals surface area contributed by atoms with E-state index < -0.39 is 0 Å². The molecule has 1 aromatic heterocycles. The van der Waals surface area contributed by atoms with Crippen molar-refractivity contribution in [3.63, 3.8) is 0 Å². The Kier molecular flexibility index (Phi) is 2.33. The largest absolute Gasteiger partial charge is 0.495 e. The lowest BCUT2D eigenvalue weighted by Gasteiger charge is -2.04.